The van der Waals surface area contributed by atoms with Crippen LogP contribution in [0.5, 0.6) is 5.75 Å². The number of ether oxygens (including phenoxy) is 1. The molecule has 1 aliphatic heterocycles. The predicted octanol–water partition coefficient (Wildman–Crippen LogP) is 5.75. The molecule has 5 rings (SSSR count). The number of rotatable bonds is 4. The van der Waals surface area contributed by atoms with Crippen molar-refractivity contribution in [3.05, 3.63) is 93.4 Å². The van der Waals surface area contributed by atoms with Crippen molar-refractivity contribution in [2.75, 3.05) is 13.2 Å². The minimum absolute atomic E-state index is 0.0434. The molecule has 1 unspecified atom stereocenters. The van der Waals surface area contributed by atoms with Crippen LogP contribution < -0.4 is 4.74 Å². The number of fused-ring (bicyclic) bond motifs is 3. The Hall–Kier alpha value is -3.37. The summed E-state index contributed by atoms with van der Waals surface area (Å²) < 4.78 is 62.0. The Balaban J connectivity index is 1.58. The lowest BCUT2D eigenvalue weighted by Gasteiger charge is -2.36. The molecule has 1 atom stereocenters. The highest BCUT2D eigenvalue weighted by atomic mass is 35.5. The van der Waals surface area contributed by atoms with Crippen molar-refractivity contribution in [3.8, 4) is 5.75 Å². The fourth-order valence-electron chi connectivity index (χ4n) is 4.27. The van der Waals surface area contributed by atoms with Crippen molar-refractivity contribution < 1.29 is 27.1 Å². The van der Waals surface area contributed by atoms with E-state index in [-0.39, 0.29) is 40.1 Å². The highest BCUT2D eigenvalue weighted by Gasteiger charge is 2.38. The van der Waals surface area contributed by atoms with Crippen LogP contribution in [0.15, 0.2) is 54.9 Å². The molecule has 3 aromatic heterocycles. The van der Waals surface area contributed by atoms with Crippen molar-refractivity contribution >= 4 is 34.8 Å². The summed E-state index contributed by atoms with van der Waals surface area (Å²) >= 11 is 11.9. The predicted molar refractivity (Wildman–Crippen MR) is 124 cm³/mol. The van der Waals surface area contributed by atoms with Gasteiger partial charge in [-0.2, -0.15) is 13.2 Å². The van der Waals surface area contributed by atoms with Crippen molar-refractivity contribution in [1.82, 2.24) is 19.3 Å². The average molecular weight is 539 g/mol. The topological polar surface area (TPSA) is 59.7 Å². The first-order valence-electron chi connectivity index (χ1n) is 10.7. The largest absolute Gasteiger partial charge is 0.481 e. The highest BCUT2D eigenvalue weighted by molar-refractivity contribution is 6.31. The minimum Gasteiger partial charge on any atom is -0.481 e. The van der Waals surface area contributed by atoms with Gasteiger partial charge in [0, 0.05) is 35.9 Å². The van der Waals surface area contributed by atoms with Gasteiger partial charge in [0.15, 0.2) is 17.5 Å². The Kier molecular flexibility index (Phi) is 6.25. The van der Waals surface area contributed by atoms with E-state index in [1.54, 1.807) is 12.1 Å². The molecule has 4 aromatic rings. The standard InChI is InChI=1S/C24H16Cl2F4N4O2/c25-14-3-4-15(16(27)11-14)21-22-17(32-19-10-13(24(28,29)30)5-8-33(19)22)6-9-34(21)20(35)12-36-18-2-1-7-31-23(18)26/h1-5,7-8,10-11,21H,6,9,12H2. The summed E-state index contributed by atoms with van der Waals surface area (Å²) in [5.74, 6) is -0.952. The van der Waals surface area contributed by atoms with Gasteiger partial charge in [0.05, 0.1) is 17.0 Å². The van der Waals surface area contributed by atoms with Crippen LogP contribution in [0.4, 0.5) is 17.6 Å². The summed E-state index contributed by atoms with van der Waals surface area (Å²) in [5.41, 5.74) is 0.158. The number of imidazole rings is 1. The fraction of sp³-hybridized carbons (Fsp3) is 0.208. The average Bonchev–Trinajstić information content (AvgIpc) is 3.20. The minimum atomic E-state index is -4.55. The molecule has 186 valence electrons. The maximum absolute atomic E-state index is 15.1. The number of benzene rings is 1. The molecule has 0 radical (unpaired) electrons. The number of alkyl halides is 3. The molecule has 36 heavy (non-hydrogen) atoms. The SMILES string of the molecule is O=C(COc1cccnc1Cl)N1CCc2nc3cc(C(F)(F)F)ccn3c2C1c1ccc(Cl)cc1F. The zero-order valence-corrected chi connectivity index (χ0v) is 19.8. The summed E-state index contributed by atoms with van der Waals surface area (Å²) in [6.07, 6.45) is -1.60. The molecule has 6 nitrogen and oxygen atoms in total. The molecular weight excluding hydrogens is 523 g/mol. The quantitative estimate of drug-likeness (QED) is 0.245. The van der Waals surface area contributed by atoms with Gasteiger partial charge in [0.2, 0.25) is 0 Å². The Morgan fingerprint density at radius 1 is 1.17 bits per heavy atom. The summed E-state index contributed by atoms with van der Waals surface area (Å²) in [5, 5.41) is 0.237. The molecular formula is C24H16Cl2F4N4O2. The van der Waals surface area contributed by atoms with Crippen LogP contribution in [0.3, 0.4) is 0 Å². The second-order valence-electron chi connectivity index (χ2n) is 8.07. The third-order valence-corrected chi connectivity index (χ3v) is 6.40. The molecule has 4 heterocycles. The number of carbonyl (C=O) groups is 1. The van der Waals surface area contributed by atoms with E-state index in [9.17, 15) is 18.0 Å². The number of hydrogen-bond donors (Lipinski definition) is 0. The molecule has 0 aliphatic carbocycles. The lowest BCUT2D eigenvalue weighted by molar-refractivity contribution is -0.137. The summed E-state index contributed by atoms with van der Waals surface area (Å²) in [6.45, 7) is -0.278. The zero-order valence-electron chi connectivity index (χ0n) is 18.3. The van der Waals surface area contributed by atoms with Gasteiger partial charge >= 0.3 is 6.18 Å². The molecule has 1 amide bonds. The van der Waals surface area contributed by atoms with Gasteiger partial charge in [-0.3, -0.25) is 4.79 Å². The summed E-state index contributed by atoms with van der Waals surface area (Å²) in [6, 6.07) is 8.04. The van der Waals surface area contributed by atoms with Crippen LogP contribution >= 0.6 is 23.2 Å². The summed E-state index contributed by atoms with van der Waals surface area (Å²) in [4.78, 5) is 23.0. The van der Waals surface area contributed by atoms with Gasteiger partial charge in [-0.25, -0.2) is 14.4 Å². The van der Waals surface area contributed by atoms with E-state index in [1.807, 2.05) is 0 Å². The van der Waals surface area contributed by atoms with E-state index < -0.39 is 36.1 Å². The van der Waals surface area contributed by atoms with Crippen molar-refractivity contribution in [2.24, 2.45) is 0 Å². The number of carbonyl (C=O) groups excluding carboxylic acids is 1. The van der Waals surface area contributed by atoms with E-state index in [4.69, 9.17) is 27.9 Å². The Labute approximate surface area is 212 Å². The molecule has 0 N–H and O–H groups in total. The molecule has 0 saturated carbocycles. The van der Waals surface area contributed by atoms with Crippen LogP contribution in [0.1, 0.15) is 28.6 Å². The second-order valence-corrected chi connectivity index (χ2v) is 8.87. The van der Waals surface area contributed by atoms with E-state index in [0.717, 1.165) is 18.2 Å². The van der Waals surface area contributed by atoms with Crippen LogP contribution in [-0.2, 0) is 17.4 Å². The summed E-state index contributed by atoms with van der Waals surface area (Å²) in [7, 11) is 0. The monoisotopic (exact) mass is 538 g/mol. The number of aromatic nitrogens is 3. The first-order chi connectivity index (χ1) is 17.1. The van der Waals surface area contributed by atoms with Gasteiger partial charge < -0.3 is 14.0 Å². The van der Waals surface area contributed by atoms with Gasteiger partial charge in [-0.15, -0.1) is 0 Å². The first kappa shape index (κ1) is 24.3. The van der Waals surface area contributed by atoms with E-state index in [0.29, 0.717) is 11.4 Å². The van der Waals surface area contributed by atoms with E-state index in [2.05, 4.69) is 9.97 Å². The van der Waals surface area contributed by atoms with Crippen molar-refractivity contribution in [3.63, 3.8) is 0 Å². The first-order valence-corrected chi connectivity index (χ1v) is 11.4. The zero-order chi connectivity index (χ0) is 25.6. The third-order valence-electron chi connectivity index (χ3n) is 5.88. The molecule has 0 fully saturated rings. The van der Waals surface area contributed by atoms with E-state index >= 15 is 4.39 Å². The highest BCUT2D eigenvalue weighted by Crippen LogP contribution is 2.39. The number of nitrogens with zero attached hydrogens (tertiary/aromatic N) is 4. The van der Waals surface area contributed by atoms with Gasteiger partial charge in [0.1, 0.15) is 17.5 Å². The third kappa shape index (κ3) is 4.46. The molecule has 0 bridgehead atoms. The number of hydrogen-bond acceptors (Lipinski definition) is 4. The Bertz CT molecular complexity index is 1470. The maximum Gasteiger partial charge on any atom is 0.416 e. The van der Waals surface area contributed by atoms with Gasteiger partial charge in [0.25, 0.3) is 5.91 Å². The van der Waals surface area contributed by atoms with Gasteiger partial charge in [-0.05, 0) is 36.4 Å². The molecule has 12 heteroatoms. The van der Waals surface area contributed by atoms with Crippen molar-refractivity contribution in [1.29, 1.82) is 0 Å². The number of amides is 1. The van der Waals surface area contributed by atoms with Crippen LogP contribution in [-0.4, -0.2) is 38.3 Å². The van der Waals surface area contributed by atoms with Crippen LogP contribution in [0, 0.1) is 5.82 Å². The molecule has 1 aliphatic rings. The maximum atomic E-state index is 15.1. The lowest BCUT2D eigenvalue weighted by Crippen LogP contribution is -2.43. The molecule has 0 spiro atoms. The Morgan fingerprint density at radius 2 is 1.97 bits per heavy atom. The number of pyridine rings is 2. The van der Waals surface area contributed by atoms with Crippen LogP contribution in [0.2, 0.25) is 10.2 Å². The molecule has 0 saturated heterocycles. The number of halogens is 6. The molecule has 1 aromatic carbocycles. The fourth-order valence-corrected chi connectivity index (χ4v) is 4.61. The Morgan fingerprint density at radius 3 is 2.69 bits per heavy atom. The smallest absolute Gasteiger partial charge is 0.416 e. The normalized spacial score (nSPS) is 15.7. The van der Waals surface area contributed by atoms with E-state index in [1.165, 1.54) is 33.8 Å². The lowest BCUT2D eigenvalue weighted by atomic mass is 9.95. The van der Waals surface area contributed by atoms with Gasteiger partial charge in [-0.1, -0.05) is 29.3 Å². The van der Waals surface area contributed by atoms with Crippen molar-refractivity contribution in [2.45, 2.75) is 18.6 Å². The van der Waals surface area contributed by atoms with Crippen LogP contribution in [0.25, 0.3) is 5.65 Å². The second kappa shape index (κ2) is 9.25.